The summed E-state index contributed by atoms with van der Waals surface area (Å²) in [6, 6.07) is 12.9. The Hall–Kier alpha value is -3.68. The van der Waals surface area contributed by atoms with Crippen LogP contribution in [-0.4, -0.2) is 22.7 Å². The Morgan fingerprint density at radius 2 is 1.86 bits per heavy atom. The first-order valence-corrected chi connectivity index (χ1v) is 8.62. The topological polar surface area (TPSA) is 85.4 Å². The Balaban J connectivity index is 1.46. The van der Waals surface area contributed by atoms with Crippen molar-refractivity contribution < 1.29 is 18.7 Å². The van der Waals surface area contributed by atoms with Crippen molar-refractivity contribution >= 4 is 17.4 Å². The highest BCUT2D eigenvalue weighted by Gasteiger charge is 2.16. The van der Waals surface area contributed by atoms with Gasteiger partial charge in [-0.15, -0.1) is 0 Å². The SMILES string of the molecule is Cc1nc(NCc2ccc(F)cc2)cc(C(=O)Nc2ccc3c(c2)OCO3)n1. The summed E-state index contributed by atoms with van der Waals surface area (Å²) >= 11 is 0. The van der Waals surface area contributed by atoms with Crippen molar-refractivity contribution in [2.75, 3.05) is 17.4 Å². The molecule has 0 fully saturated rings. The number of aryl methyl sites for hydroxylation is 1. The summed E-state index contributed by atoms with van der Waals surface area (Å²) in [5, 5.41) is 5.91. The van der Waals surface area contributed by atoms with Gasteiger partial charge in [0.05, 0.1) is 0 Å². The number of hydrogen-bond donors (Lipinski definition) is 2. The number of carbonyl (C=O) groups excluding carboxylic acids is 1. The molecular formula is C20H17FN4O3. The van der Waals surface area contributed by atoms with Gasteiger partial charge in [0.15, 0.2) is 11.5 Å². The van der Waals surface area contributed by atoms with Crippen LogP contribution in [0.25, 0.3) is 0 Å². The van der Waals surface area contributed by atoms with E-state index in [1.54, 1.807) is 43.3 Å². The maximum atomic E-state index is 13.0. The molecule has 142 valence electrons. The van der Waals surface area contributed by atoms with E-state index in [0.717, 1.165) is 5.56 Å². The highest BCUT2D eigenvalue weighted by atomic mass is 19.1. The van der Waals surface area contributed by atoms with E-state index in [-0.39, 0.29) is 24.2 Å². The van der Waals surface area contributed by atoms with Crippen LogP contribution in [0.2, 0.25) is 0 Å². The van der Waals surface area contributed by atoms with Crippen LogP contribution in [0.15, 0.2) is 48.5 Å². The third-order valence-corrected chi connectivity index (χ3v) is 4.09. The van der Waals surface area contributed by atoms with Gasteiger partial charge in [0.1, 0.15) is 23.2 Å². The van der Waals surface area contributed by atoms with Crippen LogP contribution >= 0.6 is 0 Å². The number of anilines is 2. The minimum atomic E-state index is -0.366. The lowest BCUT2D eigenvalue weighted by molar-refractivity contribution is 0.102. The van der Waals surface area contributed by atoms with Crippen molar-refractivity contribution in [3.63, 3.8) is 0 Å². The number of amides is 1. The van der Waals surface area contributed by atoms with Gasteiger partial charge in [-0.25, -0.2) is 14.4 Å². The molecule has 2 heterocycles. The van der Waals surface area contributed by atoms with Gasteiger partial charge < -0.3 is 20.1 Å². The van der Waals surface area contributed by atoms with E-state index in [0.29, 0.717) is 35.4 Å². The van der Waals surface area contributed by atoms with E-state index in [1.807, 2.05) is 0 Å². The molecule has 1 aliphatic heterocycles. The Kier molecular flexibility index (Phi) is 4.76. The van der Waals surface area contributed by atoms with Crippen LogP contribution < -0.4 is 20.1 Å². The van der Waals surface area contributed by atoms with Gasteiger partial charge in [0.2, 0.25) is 6.79 Å². The molecule has 0 bridgehead atoms. The molecule has 4 rings (SSSR count). The van der Waals surface area contributed by atoms with E-state index in [4.69, 9.17) is 9.47 Å². The molecule has 1 aliphatic rings. The van der Waals surface area contributed by atoms with E-state index >= 15 is 0 Å². The molecule has 1 aromatic heterocycles. The predicted molar refractivity (Wildman–Crippen MR) is 101 cm³/mol. The number of nitrogens with zero attached hydrogens (tertiary/aromatic N) is 2. The van der Waals surface area contributed by atoms with Gasteiger partial charge >= 0.3 is 0 Å². The van der Waals surface area contributed by atoms with Crippen molar-refractivity contribution in [1.82, 2.24) is 9.97 Å². The van der Waals surface area contributed by atoms with E-state index in [9.17, 15) is 9.18 Å². The molecule has 28 heavy (non-hydrogen) atoms. The van der Waals surface area contributed by atoms with Crippen molar-refractivity contribution in [2.24, 2.45) is 0 Å². The largest absolute Gasteiger partial charge is 0.454 e. The second-order valence-corrected chi connectivity index (χ2v) is 6.19. The van der Waals surface area contributed by atoms with Crippen LogP contribution in [0.3, 0.4) is 0 Å². The van der Waals surface area contributed by atoms with Gasteiger partial charge in [0.25, 0.3) is 5.91 Å². The first-order valence-electron chi connectivity index (χ1n) is 8.62. The lowest BCUT2D eigenvalue weighted by atomic mass is 10.2. The molecule has 0 atom stereocenters. The molecule has 0 radical (unpaired) electrons. The normalized spacial score (nSPS) is 11.9. The fourth-order valence-corrected chi connectivity index (χ4v) is 2.74. The molecule has 7 nitrogen and oxygen atoms in total. The molecule has 8 heteroatoms. The van der Waals surface area contributed by atoms with Crippen LogP contribution in [0.5, 0.6) is 11.5 Å². The fraction of sp³-hybridized carbons (Fsp3) is 0.150. The zero-order chi connectivity index (χ0) is 19.5. The molecule has 1 amide bonds. The molecule has 0 saturated heterocycles. The van der Waals surface area contributed by atoms with Gasteiger partial charge in [0, 0.05) is 24.4 Å². The van der Waals surface area contributed by atoms with E-state index in [2.05, 4.69) is 20.6 Å². The zero-order valence-electron chi connectivity index (χ0n) is 15.0. The Bertz CT molecular complexity index is 1020. The number of carbonyl (C=O) groups is 1. The highest BCUT2D eigenvalue weighted by Crippen LogP contribution is 2.34. The maximum Gasteiger partial charge on any atom is 0.274 e. The van der Waals surface area contributed by atoms with Gasteiger partial charge in [-0.3, -0.25) is 4.79 Å². The Morgan fingerprint density at radius 1 is 1.07 bits per heavy atom. The van der Waals surface area contributed by atoms with Crippen molar-refractivity contribution in [2.45, 2.75) is 13.5 Å². The number of aromatic nitrogens is 2. The molecular weight excluding hydrogens is 363 g/mol. The molecule has 0 saturated carbocycles. The second kappa shape index (κ2) is 7.51. The molecule has 0 aliphatic carbocycles. The molecule has 0 unspecified atom stereocenters. The van der Waals surface area contributed by atoms with Crippen molar-refractivity contribution in [3.05, 3.63) is 71.4 Å². The van der Waals surface area contributed by atoms with E-state index < -0.39 is 0 Å². The van der Waals surface area contributed by atoms with Gasteiger partial charge in [-0.05, 0) is 36.8 Å². The smallest absolute Gasteiger partial charge is 0.274 e. The lowest BCUT2D eigenvalue weighted by Gasteiger charge is -2.10. The summed E-state index contributed by atoms with van der Waals surface area (Å²) in [4.78, 5) is 21.1. The monoisotopic (exact) mass is 380 g/mol. The van der Waals surface area contributed by atoms with E-state index in [1.165, 1.54) is 12.1 Å². The summed E-state index contributed by atoms with van der Waals surface area (Å²) in [7, 11) is 0. The molecule has 2 aromatic carbocycles. The molecule has 3 aromatic rings. The number of rotatable bonds is 5. The predicted octanol–water partition coefficient (Wildman–Crippen LogP) is 3.52. The van der Waals surface area contributed by atoms with Crippen LogP contribution in [0.4, 0.5) is 15.9 Å². The number of fused-ring (bicyclic) bond motifs is 1. The molecule has 0 spiro atoms. The summed E-state index contributed by atoms with van der Waals surface area (Å²) < 4.78 is 23.6. The zero-order valence-corrected chi connectivity index (χ0v) is 15.0. The number of halogens is 1. The highest BCUT2D eigenvalue weighted by molar-refractivity contribution is 6.03. The first kappa shape index (κ1) is 17.7. The minimum Gasteiger partial charge on any atom is -0.454 e. The number of ether oxygens (including phenoxy) is 2. The quantitative estimate of drug-likeness (QED) is 0.705. The first-order chi connectivity index (χ1) is 13.6. The third kappa shape index (κ3) is 4.01. The standard InChI is InChI=1S/C20H17FN4O3/c1-12-23-16(9-19(24-12)22-10-13-2-4-14(21)5-3-13)20(26)25-15-6-7-17-18(8-15)28-11-27-17/h2-9H,10-11H2,1H3,(H,25,26)(H,22,23,24). The average Bonchev–Trinajstić information content (AvgIpc) is 3.15. The summed E-state index contributed by atoms with van der Waals surface area (Å²) in [5.74, 6) is 1.53. The summed E-state index contributed by atoms with van der Waals surface area (Å²) in [6.45, 7) is 2.32. The average molecular weight is 380 g/mol. The Labute approximate surface area is 160 Å². The minimum absolute atomic E-state index is 0.168. The van der Waals surface area contributed by atoms with Gasteiger partial charge in [-0.2, -0.15) is 0 Å². The fourth-order valence-electron chi connectivity index (χ4n) is 2.74. The van der Waals surface area contributed by atoms with Crippen molar-refractivity contribution in [3.8, 4) is 11.5 Å². The van der Waals surface area contributed by atoms with Crippen LogP contribution in [0.1, 0.15) is 21.9 Å². The van der Waals surface area contributed by atoms with Gasteiger partial charge in [-0.1, -0.05) is 12.1 Å². The van der Waals surface area contributed by atoms with Crippen molar-refractivity contribution in [1.29, 1.82) is 0 Å². The number of hydrogen-bond acceptors (Lipinski definition) is 6. The second-order valence-electron chi connectivity index (χ2n) is 6.19. The van der Waals surface area contributed by atoms with Crippen LogP contribution in [0, 0.1) is 12.7 Å². The molecule has 2 N–H and O–H groups in total. The number of benzene rings is 2. The van der Waals surface area contributed by atoms with Crippen LogP contribution in [-0.2, 0) is 6.54 Å². The summed E-state index contributed by atoms with van der Waals surface area (Å²) in [6.07, 6.45) is 0. The Morgan fingerprint density at radius 3 is 2.68 bits per heavy atom. The maximum absolute atomic E-state index is 13.0. The lowest BCUT2D eigenvalue weighted by Crippen LogP contribution is -2.15. The number of nitrogens with one attached hydrogen (secondary N) is 2. The summed E-state index contributed by atoms with van der Waals surface area (Å²) in [5.41, 5.74) is 1.70. The third-order valence-electron chi connectivity index (χ3n) is 4.09.